The maximum absolute atomic E-state index is 13.8. The molecule has 4 amide bonds. The quantitative estimate of drug-likeness (QED) is 0.546. The number of ether oxygens (including phenoxy) is 2. The van der Waals surface area contributed by atoms with E-state index in [1.807, 2.05) is 10.6 Å². The van der Waals surface area contributed by atoms with Crippen molar-refractivity contribution in [1.82, 2.24) is 19.3 Å². The second-order valence-electron chi connectivity index (χ2n) is 10.3. The Morgan fingerprint density at radius 3 is 2.32 bits per heavy atom. The van der Waals surface area contributed by atoms with Crippen LogP contribution in [0, 0.1) is 11.3 Å². The van der Waals surface area contributed by atoms with Crippen LogP contribution in [0.15, 0.2) is 41.2 Å². The van der Waals surface area contributed by atoms with E-state index in [-0.39, 0.29) is 30.4 Å². The van der Waals surface area contributed by atoms with Gasteiger partial charge in [0.2, 0.25) is 11.8 Å². The van der Waals surface area contributed by atoms with E-state index >= 15 is 0 Å². The Morgan fingerprint density at radius 2 is 1.65 bits per heavy atom. The lowest BCUT2D eigenvalue weighted by molar-refractivity contribution is -0.159. The highest BCUT2D eigenvalue weighted by molar-refractivity contribution is 6.19. The third-order valence-corrected chi connectivity index (χ3v) is 8.04. The molecule has 3 aliphatic heterocycles. The number of rotatable bonds is 6. The fourth-order valence-corrected chi connectivity index (χ4v) is 6.30. The number of methoxy groups -OCH3 is 2. The number of nitrogens with zero attached hydrogens (tertiary/aromatic N) is 4. The molecular formula is C27H32N4O6. The molecule has 2 aromatic rings. The normalized spacial score (nSPS) is 23.2. The van der Waals surface area contributed by atoms with Gasteiger partial charge in [0.05, 0.1) is 14.2 Å². The molecule has 0 unspecified atom stereocenters. The smallest absolute Gasteiger partial charge is 0.332 e. The Morgan fingerprint density at radius 1 is 0.919 bits per heavy atom. The van der Waals surface area contributed by atoms with Gasteiger partial charge < -0.3 is 18.9 Å². The molecule has 0 spiro atoms. The first-order chi connectivity index (χ1) is 17.7. The number of hydrogen-bond donors (Lipinski definition) is 0. The Bertz CT molecular complexity index is 1300. The van der Waals surface area contributed by atoms with Crippen molar-refractivity contribution in [3.05, 3.63) is 58.0 Å². The van der Waals surface area contributed by atoms with Crippen molar-refractivity contribution in [2.75, 3.05) is 47.9 Å². The molecule has 0 radical (unpaired) electrons. The summed E-state index contributed by atoms with van der Waals surface area (Å²) in [6.07, 6.45) is 1.03. The van der Waals surface area contributed by atoms with Crippen molar-refractivity contribution in [2.45, 2.75) is 25.3 Å². The number of piperidine rings is 1. The van der Waals surface area contributed by atoms with E-state index in [1.165, 1.54) is 21.2 Å². The van der Waals surface area contributed by atoms with Crippen LogP contribution in [0.5, 0.6) is 11.5 Å². The summed E-state index contributed by atoms with van der Waals surface area (Å²) in [5, 5.41) is 0. The highest BCUT2D eigenvalue weighted by atomic mass is 16.5. The van der Waals surface area contributed by atoms with Gasteiger partial charge in [-0.05, 0) is 30.0 Å². The maximum atomic E-state index is 13.8. The molecule has 2 atom stereocenters. The zero-order valence-corrected chi connectivity index (χ0v) is 21.6. The first-order valence-electron chi connectivity index (χ1n) is 12.4. The summed E-state index contributed by atoms with van der Waals surface area (Å²) in [6.45, 7) is 2.04. The molecule has 3 aliphatic rings. The first-order valence-corrected chi connectivity index (χ1v) is 12.4. The van der Waals surface area contributed by atoms with Gasteiger partial charge in [-0.1, -0.05) is 12.1 Å². The number of pyridine rings is 1. The lowest BCUT2D eigenvalue weighted by atomic mass is 9.75. The van der Waals surface area contributed by atoms with Gasteiger partial charge in [-0.25, -0.2) is 4.79 Å². The van der Waals surface area contributed by atoms with Crippen LogP contribution in [0.3, 0.4) is 0 Å². The van der Waals surface area contributed by atoms with Crippen LogP contribution in [0.2, 0.25) is 0 Å². The molecule has 0 aliphatic carbocycles. The monoisotopic (exact) mass is 508 g/mol. The number of imide groups is 2. The van der Waals surface area contributed by atoms with Crippen LogP contribution >= 0.6 is 0 Å². The van der Waals surface area contributed by atoms with Gasteiger partial charge in [0.15, 0.2) is 0 Å². The third-order valence-electron chi connectivity index (χ3n) is 8.04. The standard InChI is InChI=1S/C27H32N4O6/c1-28-24(33)27(25(34)29(2)26(28)35,12-18-8-9-20(36-3)11-22(18)37-4)16-30-13-17-10-19(15-30)21-6-5-7-23(32)31(21)14-17/h5-9,11,17,19H,10,12-16H2,1-4H3/t17-,19-/m0/s1. The van der Waals surface area contributed by atoms with Crippen LogP contribution in [-0.2, 0) is 22.6 Å². The van der Waals surface area contributed by atoms with E-state index in [1.54, 1.807) is 37.4 Å². The van der Waals surface area contributed by atoms with Crippen molar-refractivity contribution in [2.24, 2.45) is 11.3 Å². The number of barbiturate groups is 1. The summed E-state index contributed by atoms with van der Waals surface area (Å²) < 4.78 is 12.7. The van der Waals surface area contributed by atoms with E-state index in [0.717, 1.165) is 21.9 Å². The SMILES string of the molecule is COc1ccc(CC2(CN3C[C@@H]4C[C@@H](C3)c3cccc(=O)n3C4)C(=O)N(C)C(=O)N(C)C2=O)c(OC)c1. The lowest BCUT2D eigenvalue weighted by Gasteiger charge is -2.48. The minimum absolute atomic E-state index is 0.00289. The molecule has 0 N–H and O–H groups in total. The molecule has 1 aromatic heterocycles. The highest BCUT2D eigenvalue weighted by Gasteiger charge is 2.57. The molecule has 2 bridgehead atoms. The molecule has 2 fully saturated rings. The number of amides is 4. The van der Waals surface area contributed by atoms with Gasteiger partial charge in [0.1, 0.15) is 16.9 Å². The van der Waals surface area contributed by atoms with Crippen molar-refractivity contribution in [3.63, 3.8) is 0 Å². The lowest BCUT2D eigenvalue weighted by Crippen LogP contribution is -2.67. The van der Waals surface area contributed by atoms with E-state index in [2.05, 4.69) is 4.90 Å². The molecule has 196 valence electrons. The number of likely N-dealkylation sites (tertiary alicyclic amines) is 1. The predicted molar refractivity (Wildman–Crippen MR) is 135 cm³/mol. The third kappa shape index (κ3) is 4.09. The van der Waals surface area contributed by atoms with Crippen molar-refractivity contribution in [1.29, 1.82) is 0 Å². The maximum Gasteiger partial charge on any atom is 0.332 e. The summed E-state index contributed by atoms with van der Waals surface area (Å²) in [4.78, 5) is 57.0. The average molecular weight is 509 g/mol. The van der Waals surface area contributed by atoms with Gasteiger partial charge in [0.25, 0.3) is 5.56 Å². The van der Waals surface area contributed by atoms with Gasteiger partial charge in [0, 0.05) is 70.4 Å². The Kier molecular flexibility index (Phi) is 6.31. The van der Waals surface area contributed by atoms with Crippen molar-refractivity contribution in [3.8, 4) is 11.5 Å². The number of carbonyl (C=O) groups excluding carboxylic acids is 3. The topological polar surface area (TPSA) is 101 Å². The van der Waals surface area contributed by atoms with Crippen LogP contribution in [0.1, 0.15) is 23.6 Å². The summed E-state index contributed by atoms with van der Waals surface area (Å²) >= 11 is 0. The van der Waals surface area contributed by atoms with Crippen LogP contribution in [0.4, 0.5) is 4.79 Å². The zero-order valence-electron chi connectivity index (χ0n) is 21.6. The van der Waals surface area contributed by atoms with Crippen LogP contribution in [0.25, 0.3) is 0 Å². The van der Waals surface area contributed by atoms with E-state index < -0.39 is 23.3 Å². The van der Waals surface area contributed by atoms with Gasteiger partial charge in [-0.15, -0.1) is 0 Å². The molecule has 5 rings (SSSR count). The van der Waals surface area contributed by atoms with Gasteiger partial charge in [-0.2, -0.15) is 0 Å². The Balaban J connectivity index is 1.53. The molecule has 0 saturated carbocycles. The number of urea groups is 1. The fraction of sp³-hybridized carbons (Fsp3) is 0.481. The summed E-state index contributed by atoms with van der Waals surface area (Å²) in [5.41, 5.74) is 0.157. The Hall–Kier alpha value is -3.66. The zero-order chi connectivity index (χ0) is 26.5. The van der Waals surface area contributed by atoms with E-state index in [0.29, 0.717) is 36.7 Å². The molecule has 37 heavy (non-hydrogen) atoms. The molecule has 10 heteroatoms. The van der Waals surface area contributed by atoms with E-state index in [9.17, 15) is 19.2 Å². The molecule has 2 saturated heterocycles. The fourth-order valence-electron chi connectivity index (χ4n) is 6.30. The van der Waals surface area contributed by atoms with Crippen molar-refractivity contribution >= 4 is 17.8 Å². The predicted octanol–water partition coefficient (Wildman–Crippen LogP) is 1.56. The van der Waals surface area contributed by atoms with Crippen LogP contribution in [-0.4, -0.2) is 85.1 Å². The van der Waals surface area contributed by atoms with Gasteiger partial charge in [-0.3, -0.25) is 24.2 Å². The summed E-state index contributed by atoms with van der Waals surface area (Å²) in [6, 6.07) is 10.00. The highest BCUT2D eigenvalue weighted by Crippen LogP contribution is 2.40. The number of hydrogen-bond acceptors (Lipinski definition) is 7. The largest absolute Gasteiger partial charge is 0.497 e. The molecular weight excluding hydrogens is 476 g/mol. The number of aromatic nitrogens is 1. The first kappa shape index (κ1) is 25.0. The van der Waals surface area contributed by atoms with Crippen molar-refractivity contribution < 1.29 is 23.9 Å². The minimum atomic E-state index is -1.51. The molecule has 10 nitrogen and oxygen atoms in total. The number of fused-ring (bicyclic) bond motifs is 4. The second-order valence-corrected chi connectivity index (χ2v) is 10.3. The Labute approximate surface area is 215 Å². The number of carbonyl (C=O) groups is 3. The van der Waals surface area contributed by atoms with Crippen LogP contribution < -0.4 is 15.0 Å². The summed E-state index contributed by atoms with van der Waals surface area (Å²) in [5.74, 6) is 0.407. The molecule has 1 aromatic carbocycles. The number of benzene rings is 1. The summed E-state index contributed by atoms with van der Waals surface area (Å²) in [7, 11) is 5.92. The average Bonchev–Trinajstić information content (AvgIpc) is 2.90. The van der Waals surface area contributed by atoms with Gasteiger partial charge >= 0.3 is 6.03 Å². The minimum Gasteiger partial charge on any atom is -0.497 e. The molecule has 4 heterocycles. The van der Waals surface area contributed by atoms with E-state index in [4.69, 9.17) is 9.47 Å². The second kappa shape index (κ2) is 9.33.